The van der Waals surface area contributed by atoms with Crippen LogP contribution in [0.1, 0.15) is 23.6 Å². The maximum atomic E-state index is 13.3. The van der Waals surface area contributed by atoms with Gasteiger partial charge in [0.1, 0.15) is 0 Å². The van der Waals surface area contributed by atoms with Crippen molar-refractivity contribution in [2.75, 3.05) is 6.54 Å². The second-order valence-corrected chi connectivity index (χ2v) is 9.70. The summed E-state index contributed by atoms with van der Waals surface area (Å²) in [6.07, 6.45) is -0.0248. The molecule has 0 bridgehead atoms. The van der Waals surface area contributed by atoms with Gasteiger partial charge in [0.05, 0.1) is 11.0 Å². The van der Waals surface area contributed by atoms with Crippen LogP contribution in [0.15, 0.2) is 53.4 Å². The lowest BCUT2D eigenvalue weighted by Gasteiger charge is -2.29. The van der Waals surface area contributed by atoms with Gasteiger partial charge in [0, 0.05) is 17.9 Å². The summed E-state index contributed by atoms with van der Waals surface area (Å²) in [5, 5.41) is 10.2. The van der Waals surface area contributed by atoms with Crippen LogP contribution in [0.3, 0.4) is 0 Å². The highest BCUT2D eigenvalue weighted by atomic mass is 32.2. The van der Waals surface area contributed by atoms with Gasteiger partial charge in [-0.25, -0.2) is 8.42 Å². The molecule has 0 spiro atoms. The normalized spacial score (nSPS) is 20.7. The van der Waals surface area contributed by atoms with Crippen molar-refractivity contribution in [2.45, 2.75) is 35.0 Å². The van der Waals surface area contributed by atoms with Gasteiger partial charge in [0.2, 0.25) is 0 Å². The minimum atomic E-state index is -4.54. The SMILES string of the molecule is Cc1ccccc1[C@@H]1[C@@H](SC(F)(F)F)CCN1S(=O)(=O)c1ccccc1[N+](=O)[O-]. The van der Waals surface area contributed by atoms with Crippen LogP contribution >= 0.6 is 11.8 Å². The van der Waals surface area contributed by atoms with E-state index in [0.29, 0.717) is 11.1 Å². The Kier molecular flexibility index (Phi) is 5.93. The fourth-order valence-corrected chi connectivity index (χ4v) is 6.41. The lowest BCUT2D eigenvalue weighted by atomic mass is 10.00. The van der Waals surface area contributed by atoms with Crippen molar-refractivity contribution in [1.82, 2.24) is 4.31 Å². The smallest absolute Gasteiger partial charge is 0.258 e. The molecular formula is C18H17F3N2O4S2. The number of nitro benzene ring substituents is 1. The zero-order valence-electron chi connectivity index (χ0n) is 15.2. The van der Waals surface area contributed by atoms with E-state index in [1.807, 2.05) is 0 Å². The van der Waals surface area contributed by atoms with E-state index in [2.05, 4.69) is 0 Å². The first kappa shape index (κ1) is 21.6. The molecular weight excluding hydrogens is 429 g/mol. The molecule has 2 aromatic carbocycles. The number of hydrogen-bond donors (Lipinski definition) is 0. The zero-order chi connectivity index (χ0) is 21.4. The standard InChI is InChI=1S/C18H17F3N2O4S2/c1-12-6-2-3-7-13(12)17-15(28-18(19,20)21)10-11-22(17)29(26,27)16-9-5-4-8-14(16)23(24)25/h2-9,15,17H,10-11H2,1H3/t15-,17+/m0/s1. The molecule has 1 aliphatic rings. The van der Waals surface area contributed by atoms with E-state index >= 15 is 0 Å². The first-order valence-corrected chi connectivity index (χ1v) is 10.9. The first-order chi connectivity index (χ1) is 13.5. The summed E-state index contributed by atoms with van der Waals surface area (Å²) in [6, 6.07) is 10.4. The quantitative estimate of drug-likeness (QED) is 0.493. The Morgan fingerprint density at radius 2 is 1.76 bits per heavy atom. The number of sulfonamides is 1. The second-order valence-electron chi connectivity index (χ2n) is 6.53. The second kappa shape index (κ2) is 7.96. The summed E-state index contributed by atoms with van der Waals surface area (Å²) in [6.45, 7) is 1.53. The van der Waals surface area contributed by atoms with Crippen LogP contribution in [0.2, 0.25) is 0 Å². The number of alkyl halides is 3. The zero-order valence-corrected chi connectivity index (χ0v) is 16.8. The number of thioether (sulfide) groups is 1. The summed E-state index contributed by atoms with van der Waals surface area (Å²) in [7, 11) is -4.41. The fraction of sp³-hybridized carbons (Fsp3) is 0.333. The van der Waals surface area contributed by atoms with Crippen LogP contribution in [0.25, 0.3) is 0 Å². The number of aryl methyl sites for hydroxylation is 1. The summed E-state index contributed by atoms with van der Waals surface area (Å²) < 4.78 is 66.9. The Morgan fingerprint density at radius 1 is 1.14 bits per heavy atom. The molecule has 156 valence electrons. The number of rotatable bonds is 5. The number of benzene rings is 2. The average Bonchev–Trinajstić information content (AvgIpc) is 3.04. The van der Waals surface area contributed by atoms with E-state index in [1.165, 1.54) is 12.1 Å². The Hall–Kier alpha value is -2.11. The molecule has 2 aromatic rings. The number of nitro groups is 1. The Morgan fingerprint density at radius 3 is 2.38 bits per heavy atom. The van der Waals surface area contributed by atoms with Gasteiger partial charge >= 0.3 is 5.51 Å². The van der Waals surface area contributed by atoms with E-state index in [-0.39, 0.29) is 24.7 Å². The van der Waals surface area contributed by atoms with Gasteiger partial charge in [0.15, 0.2) is 4.90 Å². The minimum Gasteiger partial charge on any atom is -0.258 e. The van der Waals surface area contributed by atoms with Crippen molar-refractivity contribution in [3.8, 4) is 0 Å². The van der Waals surface area contributed by atoms with Crippen LogP contribution in [0, 0.1) is 17.0 Å². The van der Waals surface area contributed by atoms with Crippen molar-refractivity contribution in [3.63, 3.8) is 0 Å². The van der Waals surface area contributed by atoms with Gasteiger partial charge < -0.3 is 0 Å². The van der Waals surface area contributed by atoms with Crippen molar-refractivity contribution in [1.29, 1.82) is 0 Å². The monoisotopic (exact) mass is 446 g/mol. The molecule has 3 rings (SSSR count). The molecule has 1 saturated heterocycles. The molecule has 0 amide bonds. The summed E-state index contributed by atoms with van der Waals surface area (Å²) in [5.74, 6) is 0. The van der Waals surface area contributed by atoms with Crippen molar-refractivity contribution in [2.24, 2.45) is 0 Å². The van der Waals surface area contributed by atoms with Crippen LogP contribution in [-0.2, 0) is 10.0 Å². The van der Waals surface area contributed by atoms with Crippen LogP contribution in [0.5, 0.6) is 0 Å². The predicted molar refractivity (Wildman–Crippen MR) is 103 cm³/mol. The molecule has 0 radical (unpaired) electrons. The average molecular weight is 446 g/mol. The Labute approximate surface area is 169 Å². The van der Waals surface area contributed by atoms with Crippen LogP contribution in [-0.4, -0.2) is 34.9 Å². The Bertz CT molecular complexity index is 1030. The molecule has 1 heterocycles. The first-order valence-electron chi connectivity index (χ1n) is 8.57. The van der Waals surface area contributed by atoms with Gasteiger partial charge in [-0.2, -0.15) is 17.5 Å². The minimum absolute atomic E-state index is 0.0248. The topological polar surface area (TPSA) is 80.5 Å². The van der Waals surface area contributed by atoms with E-state index in [9.17, 15) is 31.7 Å². The van der Waals surface area contributed by atoms with Gasteiger partial charge in [-0.15, -0.1) is 0 Å². The molecule has 0 aromatic heterocycles. The number of para-hydroxylation sites is 1. The molecule has 29 heavy (non-hydrogen) atoms. The van der Waals surface area contributed by atoms with E-state index in [4.69, 9.17) is 0 Å². The van der Waals surface area contributed by atoms with E-state index in [1.54, 1.807) is 31.2 Å². The third-order valence-electron chi connectivity index (χ3n) is 4.74. The van der Waals surface area contributed by atoms with E-state index in [0.717, 1.165) is 16.4 Å². The van der Waals surface area contributed by atoms with E-state index < -0.39 is 42.3 Å². The van der Waals surface area contributed by atoms with Gasteiger partial charge in [-0.05, 0) is 42.3 Å². The predicted octanol–water partition coefficient (Wildman–Crippen LogP) is 4.66. The highest BCUT2D eigenvalue weighted by molar-refractivity contribution is 8.00. The molecule has 2 atom stereocenters. The molecule has 0 N–H and O–H groups in total. The molecule has 6 nitrogen and oxygen atoms in total. The molecule has 0 aliphatic carbocycles. The summed E-state index contributed by atoms with van der Waals surface area (Å²) in [4.78, 5) is 9.97. The molecule has 0 saturated carbocycles. The lowest BCUT2D eigenvalue weighted by molar-refractivity contribution is -0.387. The van der Waals surface area contributed by atoms with Crippen molar-refractivity contribution >= 4 is 27.5 Å². The lowest BCUT2D eigenvalue weighted by Crippen LogP contribution is -2.34. The largest absolute Gasteiger partial charge is 0.442 e. The number of hydrogen-bond acceptors (Lipinski definition) is 5. The number of halogens is 3. The van der Waals surface area contributed by atoms with Gasteiger partial charge in [-0.3, -0.25) is 10.1 Å². The van der Waals surface area contributed by atoms with Gasteiger partial charge in [0.25, 0.3) is 15.7 Å². The third kappa shape index (κ3) is 4.41. The molecule has 0 unspecified atom stereocenters. The Balaban J connectivity index is 2.12. The summed E-state index contributed by atoms with van der Waals surface area (Å²) >= 11 is -0.238. The molecule has 1 fully saturated rings. The number of nitrogens with zero attached hydrogens (tertiary/aromatic N) is 2. The highest BCUT2D eigenvalue weighted by Crippen LogP contribution is 2.49. The van der Waals surface area contributed by atoms with Crippen molar-refractivity contribution < 1.29 is 26.5 Å². The highest BCUT2D eigenvalue weighted by Gasteiger charge is 2.48. The van der Waals surface area contributed by atoms with Crippen molar-refractivity contribution in [3.05, 3.63) is 69.8 Å². The summed E-state index contributed by atoms with van der Waals surface area (Å²) in [5.41, 5.74) is -4.05. The van der Waals surface area contributed by atoms with Gasteiger partial charge in [-0.1, -0.05) is 36.4 Å². The molecule has 1 aliphatic heterocycles. The fourth-order valence-electron chi connectivity index (χ4n) is 3.53. The maximum absolute atomic E-state index is 13.3. The third-order valence-corrected chi connectivity index (χ3v) is 7.73. The molecule has 11 heteroatoms. The van der Waals surface area contributed by atoms with Crippen LogP contribution < -0.4 is 0 Å². The van der Waals surface area contributed by atoms with Crippen LogP contribution in [0.4, 0.5) is 18.9 Å². The maximum Gasteiger partial charge on any atom is 0.442 e.